The Labute approximate surface area is 149 Å². The highest BCUT2D eigenvalue weighted by atomic mass is 32.2. The summed E-state index contributed by atoms with van der Waals surface area (Å²) < 4.78 is 35.0. The van der Waals surface area contributed by atoms with Crippen molar-refractivity contribution in [3.63, 3.8) is 0 Å². The summed E-state index contributed by atoms with van der Waals surface area (Å²) in [5, 5.41) is 3.35. The summed E-state index contributed by atoms with van der Waals surface area (Å²) in [6.07, 6.45) is 5.93. The summed E-state index contributed by atoms with van der Waals surface area (Å²) in [4.78, 5) is 2.56. The zero-order chi connectivity index (χ0) is 17.2. The van der Waals surface area contributed by atoms with Crippen LogP contribution in [0.5, 0.6) is 0 Å². The van der Waals surface area contributed by atoms with Crippen molar-refractivity contribution >= 4 is 11.0 Å². The van der Waals surface area contributed by atoms with E-state index < -0.39 is 16.8 Å². The Kier molecular flexibility index (Phi) is 4.98. The second kappa shape index (κ2) is 7.37. The van der Waals surface area contributed by atoms with Crippen molar-refractivity contribution in [3.05, 3.63) is 54.0 Å². The van der Waals surface area contributed by atoms with Gasteiger partial charge >= 0.3 is 0 Å². The normalized spacial score (nSPS) is 28.4. The smallest absolute Gasteiger partial charge is 0.140 e. The minimum atomic E-state index is -1.55. The molecule has 2 heterocycles. The van der Waals surface area contributed by atoms with E-state index in [4.69, 9.17) is 4.74 Å². The molecule has 0 bridgehead atoms. The number of morpholine rings is 1. The Hall–Kier alpha value is -1.54. The minimum absolute atomic E-state index is 0.149. The van der Waals surface area contributed by atoms with Crippen LogP contribution < -0.4 is 5.32 Å². The molecule has 3 atom stereocenters. The highest BCUT2D eigenvalue weighted by Gasteiger charge is 2.39. The summed E-state index contributed by atoms with van der Waals surface area (Å²) in [5.74, 6) is -0.429. The minimum Gasteiger partial charge on any atom is -0.370 e. The Morgan fingerprint density at radius 3 is 2.80 bits per heavy atom. The summed E-state index contributed by atoms with van der Waals surface area (Å²) in [6.45, 7) is 4.76. The maximum atomic E-state index is 14.1. The Bertz CT molecular complexity index is 718. The van der Waals surface area contributed by atoms with E-state index >= 15 is 0 Å². The number of piperazine rings is 1. The monoisotopic (exact) mass is 363 g/mol. The number of nitrogens with one attached hydrogen (secondary N) is 1. The number of hydrogen-bond acceptors (Lipinski definition) is 4. The average molecular weight is 363 g/mol. The second-order valence-corrected chi connectivity index (χ2v) is 7.72. The van der Waals surface area contributed by atoms with E-state index in [0.29, 0.717) is 13.2 Å². The van der Waals surface area contributed by atoms with Gasteiger partial charge in [-0.05, 0) is 18.2 Å². The van der Waals surface area contributed by atoms with Crippen LogP contribution in [0.3, 0.4) is 0 Å². The first-order valence-corrected chi connectivity index (χ1v) is 9.75. The highest BCUT2D eigenvalue weighted by molar-refractivity contribution is 7.82. The van der Waals surface area contributed by atoms with Gasteiger partial charge in [-0.3, -0.25) is 0 Å². The van der Waals surface area contributed by atoms with E-state index in [2.05, 4.69) is 16.3 Å². The average Bonchev–Trinajstić information content (AvgIpc) is 2.67. The van der Waals surface area contributed by atoms with Gasteiger partial charge < -0.3 is 15.0 Å². The Morgan fingerprint density at radius 2 is 2.00 bits per heavy atom. The number of fused-ring (bicyclic) bond motifs is 1. The molecule has 3 unspecified atom stereocenters. The summed E-state index contributed by atoms with van der Waals surface area (Å²) in [6, 6.07) is 6.13. The molecule has 1 aliphatic carbocycles. The third kappa shape index (κ3) is 3.29. The number of hydrogen-bond donors (Lipinski definition) is 1. The van der Waals surface area contributed by atoms with Crippen molar-refractivity contribution in [2.75, 3.05) is 39.3 Å². The van der Waals surface area contributed by atoms with Crippen LogP contribution >= 0.6 is 0 Å². The van der Waals surface area contributed by atoms with Gasteiger partial charge in [-0.2, -0.15) is 0 Å². The van der Waals surface area contributed by atoms with E-state index in [0.717, 1.165) is 31.9 Å². The molecule has 1 N–H and O–H groups in total. The van der Waals surface area contributed by atoms with Gasteiger partial charge in [0, 0.05) is 38.4 Å². The topological polar surface area (TPSA) is 44.8 Å². The van der Waals surface area contributed by atoms with Gasteiger partial charge in [0.15, 0.2) is 0 Å². The zero-order valence-electron chi connectivity index (χ0n) is 13.9. The van der Waals surface area contributed by atoms with Gasteiger partial charge in [0.1, 0.15) is 22.9 Å². The molecule has 4 rings (SSSR count). The van der Waals surface area contributed by atoms with E-state index in [-0.39, 0.29) is 17.0 Å². The molecular formula is C18H22FN3O2S. The number of halogens is 1. The van der Waals surface area contributed by atoms with Crippen LogP contribution in [0.4, 0.5) is 4.39 Å². The number of allylic oxidation sites excluding steroid dienone is 2. The van der Waals surface area contributed by atoms with Gasteiger partial charge in [0.25, 0.3) is 0 Å². The summed E-state index contributed by atoms with van der Waals surface area (Å²) in [7, 11) is -1.55. The zero-order valence-corrected chi connectivity index (χ0v) is 14.8. The highest BCUT2D eigenvalue weighted by Crippen LogP contribution is 2.30. The molecule has 134 valence electrons. The standard InChI is InChI=1S/C18H22FN3O2S/c19-14-4-1-2-7-17(14)25(23)22-12-13-24-18-15(5-3-6-16(18)22)21-10-8-20-9-11-21/h1-7,16,18,20H,8-13H2. The third-order valence-corrected chi connectivity index (χ3v) is 6.40. The molecule has 3 aliphatic rings. The van der Waals surface area contributed by atoms with Crippen molar-refractivity contribution in [3.8, 4) is 0 Å². The fourth-order valence-corrected chi connectivity index (χ4v) is 4.93. The second-order valence-electron chi connectivity index (χ2n) is 6.32. The molecule has 0 saturated carbocycles. The van der Waals surface area contributed by atoms with E-state index in [9.17, 15) is 8.60 Å². The van der Waals surface area contributed by atoms with Gasteiger partial charge in [-0.1, -0.05) is 24.3 Å². The molecular weight excluding hydrogens is 341 g/mol. The number of rotatable bonds is 3. The number of nitrogens with zero attached hydrogens (tertiary/aromatic N) is 2. The van der Waals surface area contributed by atoms with Crippen LogP contribution in [0.25, 0.3) is 0 Å². The molecule has 0 spiro atoms. The lowest BCUT2D eigenvalue weighted by molar-refractivity contribution is -0.0189. The molecule has 1 aromatic rings. The number of benzene rings is 1. The third-order valence-electron chi connectivity index (χ3n) is 4.84. The Morgan fingerprint density at radius 1 is 1.20 bits per heavy atom. The van der Waals surface area contributed by atoms with E-state index in [1.54, 1.807) is 18.2 Å². The predicted molar refractivity (Wildman–Crippen MR) is 94.7 cm³/mol. The molecule has 5 nitrogen and oxygen atoms in total. The lowest BCUT2D eigenvalue weighted by Gasteiger charge is -2.44. The van der Waals surface area contributed by atoms with Crippen LogP contribution in [0.15, 0.2) is 53.1 Å². The van der Waals surface area contributed by atoms with Crippen molar-refractivity contribution in [1.29, 1.82) is 0 Å². The molecule has 2 saturated heterocycles. The van der Waals surface area contributed by atoms with Gasteiger partial charge in [-0.15, -0.1) is 0 Å². The molecule has 25 heavy (non-hydrogen) atoms. The molecule has 2 aliphatic heterocycles. The number of ether oxygens (including phenoxy) is 1. The molecule has 1 aromatic carbocycles. The van der Waals surface area contributed by atoms with Crippen molar-refractivity contribution in [1.82, 2.24) is 14.5 Å². The van der Waals surface area contributed by atoms with Crippen LogP contribution in [0, 0.1) is 5.82 Å². The maximum Gasteiger partial charge on any atom is 0.140 e. The molecule has 0 radical (unpaired) electrons. The summed E-state index contributed by atoms with van der Waals surface area (Å²) in [5.41, 5.74) is 1.13. The summed E-state index contributed by atoms with van der Waals surface area (Å²) >= 11 is 0. The lowest BCUT2D eigenvalue weighted by atomic mass is 9.99. The van der Waals surface area contributed by atoms with Crippen LogP contribution in [-0.2, 0) is 15.7 Å². The predicted octanol–water partition coefficient (Wildman–Crippen LogP) is 1.28. The SMILES string of the molecule is O=S(c1ccccc1F)N1CCOC2C(N3CCNCC3)=CC=CC21. The molecule has 7 heteroatoms. The van der Waals surface area contributed by atoms with Gasteiger partial charge in [0.2, 0.25) is 0 Å². The first-order valence-electron chi connectivity index (χ1n) is 8.64. The fraction of sp³-hybridized carbons (Fsp3) is 0.444. The first kappa shape index (κ1) is 16.9. The van der Waals surface area contributed by atoms with Crippen LogP contribution in [0.2, 0.25) is 0 Å². The van der Waals surface area contributed by atoms with Crippen molar-refractivity contribution < 1.29 is 13.3 Å². The molecule has 0 aromatic heterocycles. The quantitative estimate of drug-likeness (QED) is 0.879. The first-order chi connectivity index (χ1) is 12.3. The van der Waals surface area contributed by atoms with Crippen LogP contribution in [0.1, 0.15) is 0 Å². The van der Waals surface area contributed by atoms with E-state index in [1.807, 2.05) is 16.5 Å². The van der Waals surface area contributed by atoms with Crippen LogP contribution in [-0.4, -0.2) is 64.9 Å². The van der Waals surface area contributed by atoms with E-state index in [1.165, 1.54) is 6.07 Å². The van der Waals surface area contributed by atoms with Crippen molar-refractivity contribution in [2.24, 2.45) is 0 Å². The van der Waals surface area contributed by atoms with Gasteiger partial charge in [0.05, 0.1) is 17.5 Å². The largest absolute Gasteiger partial charge is 0.370 e. The molecule has 0 amide bonds. The molecule has 2 fully saturated rings. The van der Waals surface area contributed by atoms with Gasteiger partial charge in [-0.25, -0.2) is 12.9 Å². The fourth-order valence-electron chi connectivity index (χ4n) is 3.60. The Balaban J connectivity index is 1.58. The van der Waals surface area contributed by atoms with Crippen molar-refractivity contribution in [2.45, 2.75) is 17.0 Å². The lowest BCUT2D eigenvalue weighted by Crippen LogP contribution is -2.56. The maximum absolute atomic E-state index is 14.1.